The molecule has 0 spiro atoms. The molecule has 2 amide bonds. The van der Waals surface area contributed by atoms with Crippen molar-refractivity contribution >= 4 is 34.9 Å². The Bertz CT molecular complexity index is 994. The van der Waals surface area contributed by atoms with Gasteiger partial charge in [-0.2, -0.15) is 0 Å². The summed E-state index contributed by atoms with van der Waals surface area (Å²) in [5, 5.41) is 0. The molecule has 2 aromatic rings. The summed E-state index contributed by atoms with van der Waals surface area (Å²) in [6.45, 7) is 9.51. The Labute approximate surface area is 198 Å². The number of amides is 2. The van der Waals surface area contributed by atoms with E-state index in [9.17, 15) is 9.59 Å². The Balaban J connectivity index is 0.00000289. The number of imide groups is 1. The highest BCUT2D eigenvalue weighted by molar-refractivity contribution is 8.93. The summed E-state index contributed by atoms with van der Waals surface area (Å²) < 4.78 is 7.58. The molecule has 10 heteroatoms. The lowest BCUT2D eigenvalue weighted by Crippen LogP contribution is -2.44. The van der Waals surface area contributed by atoms with E-state index in [0.717, 1.165) is 37.6 Å². The lowest BCUT2D eigenvalue weighted by Gasteiger charge is -2.29. The molecule has 2 aliphatic rings. The third-order valence-corrected chi connectivity index (χ3v) is 5.65. The first-order chi connectivity index (χ1) is 14.7. The summed E-state index contributed by atoms with van der Waals surface area (Å²) >= 11 is 0. The second-order valence-electron chi connectivity index (χ2n) is 9.08. The van der Waals surface area contributed by atoms with Crippen molar-refractivity contribution in [1.82, 2.24) is 24.3 Å². The average molecular weight is 507 g/mol. The number of hydrogen-bond donors (Lipinski definition) is 1. The minimum absolute atomic E-state index is 0. The van der Waals surface area contributed by atoms with Crippen LogP contribution in [-0.2, 0) is 17.7 Å². The van der Waals surface area contributed by atoms with Crippen LogP contribution in [0.2, 0.25) is 0 Å². The fourth-order valence-corrected chi connectivity index (χ4v) is 4.23. The van der Waals surface area contributed by atoms with Crippen LogP contribution < -0.4 is 5.73 Å². The number of nitrogens with two attached hydrogens (primary N) is 1. The van der Waals surface area contributed by atoms with E-state index in [2.05, 4.69) is 19.4 Å². The predicted molar refractivity (Wildman–Crippen MR) is 127 cm³/mol. The Morgan fingerprint density at radius 2 is 1.91 bits per heavy atom. The molecule has 2 aromatic heterocycles. The number of hydrogen-bond acceptors (Lipinski definition) is 7. The lowest BCUT2D eigenvalue weighted by atomic mass is 10.1. The van der Waals surface area contributed by atoms with Crippen molar-refractivity contribution in [3.05, 3.63) is 29.6 Å². The predicted octanol–water partition coefficient (Wildman–Crippen LogP) is 3.13. The third-order valence-electron chi connectivity index (χ3n) is 5.65. The van der Waals surface area contributed by atoms with Gasteiger partial charge in [0.25, 0.3) is 5.91 Å². The van der Waals surface area contributed by atoms with E-state index in [4.69, 9.17) is 10.5 Å². The van der Waals surface area contributed by atoms with Crippen LogP contribution in [0.4, 0.5) is 10.7 Å². The Morgan fingerprint density at radius 3 is 2.56 bits per heavy atom. The maximum Gasteiger partial charge on any atom is 0.417 e. The number of likely N-dealkylation sites (tertiary alicyclic amines) is 1. The summed E-state index contributed by atoms with van der Waals surface area (Å²) in [6.07, 6.45) is 4.02. The lowest BCUT2D eigenvalue weighted by molar-refractivity contribution is 0.0232. The van der Waals surface area contributed by atoms with Crippen LogP contribution in [0, 0.1) is 0 Å². The molecule has 9 nitrogen and oxygen atoms in total. The molecule has 0 unspecified atom stereocenters. The van der Waals surface area contributed by atoms with Gasteiger partial charge in [-0.25, -0.2) is 19.7 Å². The normalized spacial score (nSPS) is 16.6. The molecule has 2 aliphatic heterocycles. The Kier molecular flexibility index (Phi) is 7.24. The van der Waals surface area contributed by atoms with Crippen LogP contribution >= 0.6 is 17.0 Å². The summed E-state index contributed by atoms with van der Waals surface area (Å²) in [5.74, 6) is -0.150. The van der Waals surface area contributed by atoms with E-state index in [1.807, 2.05) is 6.07 Å². The number of anilines is 1. The number of carbonyl (C=O) groups excluding carboxylic acids is 2. The summed E-state index contributed by atoms with van der Waals surface area (Å²) in [5.41, 5.74) is 8.08. The van der Waals surface area contributed by atoms with Crippen LogP contribution in [0.5, 0.6) is 0 Å². The molecule has 32 heavy (non-hydrogen) atoms. The SMILES string of the molecule is Br.CC(C)(C)OC(=O)N1CCc2c(cc(-c3ccnc(N)n3)n2CCN2CCCC2)C1=O. The number of rotatable bonds is 4. The van der Waals surface area contributed by atoms with E-state index in [0.29, 0.717) is 24.2 Å². The maximum atomic E-state index is 13.2. The molecule has 4 heterocycles. The van der Waals surface area contributed by atoms with Gasteiger partial charge in [0.1, 0.15) is 5.60 Å². The minimum atomic E-state index is -0.664. The van der Waals surface area contributed by atoms with Crippen LogP contribution in [-0.4, -0.2) is 68.1 Å². The molecule has 0 saturated carbocycles. The van der Waals surface area contributed by atoms with Crippen molar-refractivity contribution in [2.45, 2.75) is 52.2 Å². The summed E-state index contributed by atoms with van der Waals surface area (Å²) in [6, 6.07) is 3.61. The Hall–Kier alpha value is -2.46. The van der Waals surface area contributed by atoms with Crippen molar-refractivity contribution < 1.29 is 14.3 Å². The number of nitrogen functional groups attached to an aromatic ring is 1. The standard InChI is InChI=1S/C22H30N6O3.BrH/c1-22(2,3)31-21(30)28-11-7-17-15(19(28)29)14-18(16-6-8-24-20(23)25-16)27(17)13-12-26-9-4-5-10-26;/h6,8,14H,4-5,7,9-13H2,1-3H3,(H2,23,24,25);1H. The molecule has 0 aliphatic carbocycles. The quantitative estimate of drug-likeness (QED) is 0.678. The van der Waals surface area contributed by atoms with Crippen molar-refractivity contribution in [2.24, 2.45) is 0 Å². The molecule has 174 valence electrons. The molecule has 4 rings (SSSR count). The fraction of sp³-hybridized carbons (Fsp3) is 0.545. The van der Waals surface area contributed by atoms with Gasteiger partial charge < -0.3 is 19.9 Å². The van der Waals surface area contributed by atoms with Crippen molar-refractivity contribution in [2.75, 3.05) is 31.9 Å². The first-order valence-electron chi connectivity index (χ1n) is 10.8. The second kappa shape index (κ2) is 9.58. The highest BCUT2D eigenvalue weighted by Crippen LogP contribution is 2.30. The maximum absolute atomic E-state index is 13.2. The first kappa shape index (κ1) is 24.2. The van der Waals surface area contributed by atoms with Crippen LogP contribution in [0.3, 0.4) is 0 Å². The molecule has 0 radical (unpaired) electrons. The van der Waals surface area contributed by atoms with Gasteiger partial charge in [-0.05, 0) is 58.8 Å². The highest BCUT2D eigenvalue weighted by Gasteiger charge is 2.35. The van der Waals surface area contributed by atoms with Crippen molar-refractivity contribution in [1.29, 1.82) is 0 Å². The van der Waals surface area contributed by atoms with Crippen LogP contribution in [0.15, 0.2) is 18.3 Å². The molecular formula is C22H31BrN6O3. The number of carbonyl (C=O) groups is 2. The Morgan fingerprint density at radius 1 is 1.19 bits per heavy atom. The molecule has 1 saturated heterocycles. The number of halogens is 1. The summed E-state index contributed by atoms with van der Waals surface area (Å²) in [4.78, 5) is 37.8. The van der Waals surface area contributed by atoms with Crippen molar-refractivity contribution in [3.8, 4) is 11.4 Å². The van der Waals surface area contributed by atoms with E-state index < -0.39 is 11.7 Å². The zero-order chi connectivity index (χ0) is 22.2. The zero-order valence-electron chi connectivity index (χ0n) is 18.8. The number of fused-ring (bicyclic) bond motifs is 1. The molecule has 2 N–H and O–H groups in total. The second-order valence-corrected chi connectivity index (χ2v) is 9.08. The van der Waals surface area contributed by atoms with Gasteiger partial charge in [-0.3, -0.25) is 4.79 Å². The van der Waals surface area contributed by atoms with Gasteiger partial charge in [0.2, 0.25) is 5.95 Å². The van der Waals surface area contributed by atoms with Crippen LogP contribution in [0.1, 0.15) is 49.7 Å². The van der Waals surface area contributed by atoms with Gasteiger partial charge in [-0.15, -0.1) is 17.0 Å². The minimum Gasteiger partial charge on any atom is -0.443 e. The molecule has 0 bridgehead atoms. The topological polar surface area (TPSA) is 107 Å². The highest BCUT2D eigenvalue weighted by atomic mass is 79.9. The van der Waals surface area contributed by atoms with Crippen LogP contribution in [0.25, 0.3) is 11.4 Å². The van der Waals surface area contributed by atoms with Crippen molar-refractivity contribution in [3.63, 3.8) is 0 Å². The molecular weight excluding hydrogens is 476 g/mol. The van der Waals surface area contributed by atoms with E-state index in [1.165, 1.54) is 17.7 Å². The average Bonchev–Trinajstić information content (AvgIpc) is 3.33. The monoisotopic (exact) mass is 506 g/mol. The van der Waals surface area contributed by atoms with Gasteiger partial charge in [0, 0.05) is 37.9 Å². The largest absolute Gasteiger partial charge is 0.443 e. The van der Waals surface area contributed by atoms with Gasteiger partial charge >= 0.3 is 6.09 Å². The van der Waals surface area contributed by atoms with E-state index in [-0.39, 0.29) is 28.8 Å². The van der Waals surface area contributed by atoms with E-state index >= 15 is 0 Å². The molecule has 0 aromatic carbocycles. The molecule has 0 atom stereocenters. The number of nitrogens with zero attached hydrogens (tertiary/aromatic N) is 5. The first-order valence-corrected chi connectivity index (χ1v) is 10.8. The molecule has 1 fully saturated rings. The van der Waals surface area contributed by atoms with Gasteiger partial charge in [0.05, 0.1) is 17.0 Å². The number of ether oxygens (including phenoxy) is 1. The third kappa shape index (κ3) is 5.12. The summed E-state index contributed by atoms with van der Waals surface area (Å²) in [7, 11) is 0. The van der Waals surface area contributed by atoms with E-state index in [1.54, 1.807) is 33.0 Å². The van der Waals surface area contributed by atoms with Gasteiger partial charge in [0.15, 0.2) is 0 Å². The van der Waals surface area contributed by atoms with Gasteiger partial charge in [-0.1, -0.05) is 0 Å². The fourth-order valence-electron chi connectivity index (χ4n) is 4.23. The zero-order valence-corrected chi connectivity index (χ0v) is 20.5. The number of aromatic nitrogens is 3. The smallest absolute Gasteiger partial charge is 0.417 e.